The SMILES string of the molecule is C=Cc1ccc2c(c1)Oc1cc(C)ccc1NC2=O. The van der Waals surface area contributed by atoms with Crippen LogP contribution in [-0.2, 0) is 0 Å². The van der Waals surface area contributed by atoms with Crippen LogP contribution < -0.4 is 10.1 Å². The Morgan fingerprint density at radius 2 is 2.00 bits per heavy atom. The van der Waals surface area contributed by atoms with Gasteiger partial charge in [0, 0.05) is 0 Å². The van der Waals surface area contributed by atoms with Gasteiger partial charge in [-0.3, -0.25) is 4.79 Å². The summed E-state index contributed by atoms with van der Waals surface area (Å²) >= 11 is 0. The predicted molar refractivity (Wildman–Crippen MR) is 75.7 cm³/mol. The lowest BCUT2D eigenvalue weighted by Crippen LogP contribution is -2.10. The van der Waals surface area contributed by atoms with Gasteiger partial charge in [-0.2, -0.15) is 0 Å². The van der Waals surface area contributed by atoms with Gasteiger partial charge in [0.25, 0.3) is 5.91 Å². The molecule has 0 bridgehead atoms. The molecule has 0 fully saturated rings. The maximum absolute atomic E-state index is 12.1. The fourth-order valence-corrected chi connectivity index (χ4v) is 2.06. The lowest BCUT2D eigenvalue weighted by atomic mass is 10.1. The molecule has 1 amide bonds. The Hall–Kier alpha value is -2.55. The average molecular weight is 251 g/mol. The fourth-order valence-electron chi connectivity index (χ4n) is 2.06. The first-order valence-corrected chi connectivity index (χ1v) is 6.04. The topological polar surface area (TPSA) is 38.3 Å². The van der Waals surface area contributed by atoms with Gasteiger partial charge in [0.1, 0.15) is 5.75 Å². The second-order valence-electron chi connectivity index (χ2n) is 4.52. The zero-order chi connectivity index (χ0) is 13.4. The van der Waals surface area contributed by atoms with Crippen LogP contribution in [0.15, 0.2) is 43.0 Å². The lowest BCUT2D eigenvalue weighted by molar-refractivity contribution is 0.102. The minimum Gasteiger partial charge on any atom is -0.454 e. The molecule has 0 atom stereocenters. The number of hydrogen-bond donors (Lipinski definition) is 1. The largest absolute Gasteiger partial charge is 0.454 e. The second-order valence-corrected chi connectivity index (χ2v) is 4.52. The molecular formula is C16H13NO2. The number of hydrogen-bond acceptors (Lipinski definition) is 2. The molecule has 0 radical (unpaired) electrons. The fraction of sp³-hybridized carbons (Fsp3) is 0.0625. The molecule has 3 rings (SSSR count). The molecule has 1 aliphatic rings. The Bertz CT molecular complexity index is 689. The number of carbonyl (C=O) groups is 1. The van der Waals surface area contributed by atoms with Crippen molar-refractivity contribution in [2.24, 2.45) is 0 Å². The molecule has 2 aromatic carbocycles. The second kappa shape index (κ2) is 4.28. The third-order valence-corrected chi connectivity index (χ3v) is 3.09. The van der Waals surface area contributed by atoms with E-state index in [2.05, 4.69) is 11.9 Å². The smallest absolute Gasteiger partial charge is 0.259 e. The van der Waals surface area contributed by atoms with Crippen molar-refractivity contribution < 1.29 is 9.53 Å². The van der Waals surface area contributed by atoms with Gasteiger partial charge in [-0.15, -0.1) is 0 Å². The standard InChI is InChI=1S/C16H13NO2/c1-3-11-5-6-12-14(9-11)19-15-8-10(2)4-7-13(15)17-16(12)18/h3-9H,1H2,2H3,(H,17,18). The van der Waals surface area contributed by atoms with Crippen LogP contribution >= 0.6 is 0 Å². The molecule has 1 N–H and O–H groups in total. The van der Waals surface area contributed by atoms with Gasteiger partial charge >= 0.3 is 0 Å². The highest BCUT2D eigenvalue weighted by molar-refractivity contribution is 6.08. The molecule has 1 heterocycles. The lowest BCUT2D eigenvalue weighted by Gasteiger charge is -2.08. The molecule has 0 aromatic heterocycles. The zero-order valence-corrected chi connectivity index (χ0v) is 10.6. The molecular weight excluding hydrogens is 238 g/mol. The summed E-state index contributed by atoms with van der Waals surface area (Å²) in [5, 5.41) is 2.85. The van der Waals surface area contributed by atoms with Gasteiger partial charge < -0.3 is 10.1 Å². The van der Waals surface area contributed by atoms with Crippen LogP contribution in [0, 0.1) is 6.92 Å². The van der Waals surface area contributed by atoms with Crippen LogP contribution in [0.2, 0.25) is 0 Å². The van der Waals surface area contributed by atoms with Crippen molar-refractivity contribution >= 4 is 17.7 Å². The first kappa shape index (κ1) is 11.5. The molecule has 0 saturated carbocycles. The highest BCUT2D eigenvalue weighted by Crippen LogP contribution is 2.36. The van der Waals surface area contributed by atoms with Crippen LogP contribution in [0.4, 0.5) is 5.69 Å². The van der Waals surface area contributed by atoms with Crippen LogP contribution in [0.3, 0.4) is 0 Å². The molecule has 3 heteroatoms. The van der Waals surface area contributed by atoms with E-state index in [1.807, 2.05) is 37.3 Å². The first-order chi connectivity index (χ1) is 9.17. The van der Waals surface area contributed by atoms with Crippen LogP contribution in [0.1, 0.15) is 21.5 Å². The summed E-state index contributed by atoms with van der Waals surface area (Å²) in [5.74, 6) is 1.06. The number of amides is 1. The maximum Gasteiger partial charge on any atom is 0.259 e. The Morgan fingerprint density at radius 1 is 1.16 bits per heavy atom. The number of ether oxygens (including phenoxy) is 1. The Labute approximate surface area is 111 Å². The van der Waals surface area contributed by atoms with Gasteiger partial charge in [-0.1, -0.05) is 24.8 Å². The van der Waals surface area contributed by atoms with Crippen LogP contribution in [0.5, 0.6) is 11.5 Å². The number of rotatable bonds is 1. The summed E-state index contributed by atoms with van der Waals surface area (Å²) in [6.45, 7) is 5.71. The van der Waals surface area contributed by atoms with Gasteiger partial charge in [0.15, 0.2) is 5.75 Å². The summed E-state index contributed by atoms with van der Waals surface area (Å²) in [5.41, 5.74) is 3.21. The normalized spacial score (nSPS) is 12.6. The molecule has 2 aromatic rings. The van der Waals surface area contributed by atoms with Crippen molar-refractivity contribution in [3.05, 3.63) is 59.7 Å². The number of fused-ring (bicyclic) bond motifs is 2. The van der Waals surface area contributed by atoms with Gasteiger partial charge in [-0.05, 0) is 42.3 Å². The Morgan fingerprint density at radius 3 is 2.79 bits per heavy atom. The van der Waals surface area contributed by atoms with E-state index in [1.165, 1.54) is 0 Å². The van der Waals surface area contributed by atoms with Gasteiger partial charge in [0.2, 0.25) is 0 Å². The maximum atomic E-state index is 12.1. The van der Waals surface area contributed by atoms with E-state index < -0.39 is 0 Å². The summed E-state index contributed by atoms with van der Waals surface area (Å²) in [7, 11) is 0. The van der Waals surface area contributed by atoms with Crippen LogP contribution in [0.25, 0.3) is 6.08 Å². The Balaban J connectivity index is 2.17. The van der Waals surface area contributed by atoms with Crippen molar-refractivity contribution in [1.82, 2.24) is 0 Å². The third-order valence-electron chi connectivity index (χ3n) is 3.09. The van der Waals surface area contributed by atoms with E-state index in [0.717, 1.165) is 11.1 Å². The van der Waals surface area contributed by atoms with Crippen molar-refractivity contribution in [3.63, 3.8) is 0 Å². The first-order valence-electron chi connectivity index (χ1n) is 6.04. The van der Waals surface area contributed by atoms with E-state index in [0.29, 0.717) is 22.7 Å². The van der Waals surface area contributed by atoms with E-state index in [9.17, 15) is 4.79 Å². The predicted octanol–water partition coefficient (Wildman–Crippen LogP) is 4.00. The summed E-state index contributed by atoms with van der Waals surface area (Å²) in [6.07, 6.45) is 1.73. The quantitative estimate of drug-likeness (QED) is 0.832. The highest BCUT2D eigenvalue weighted by Gasteiger charge is 2.20. The average Bonchev–Trinajstić information content (AvgIpc) is 2.54. The molecule has 19 heavy (non-hydrogen) atoms. The number of anilines is 1. The molecule has 1 aliphatic heterocycles. The number of carbonyl (C=O) groups excluding carboxylic acids is 1. The van der Waals surface area contributed by atoms with Crippen molar-refractivity contribution in [1.29, 1.82) is 0 Å². The number of aryl methyl sites for hydroxylation is 1. The van der Waals surface area contributed by atoms with Crippen molar-refractivity contribution in [2.75, 3.05) is 5.32 Å². The van der Waals surface area contributed by atoms with Gasteiger partial charge in [-0.25, -0.2) is 0 Å². The molecule has 0 saturated heterocycles. The van der Waals surface area contributed by atoms with E-state index >= 15 is 0 Å². The number of benzene rings is 2. The molecule has 0 spiro atoms. The van der Waals surface area contributed by atoms with Crippen LogP contribution in [-0.4, -0.2) is 5.91 Å². The molecule has 3 nitrogen and oxygen atoms in total. The number of nitrogens with one attached hydrogen (secondary N) is 1. The summed E-state index contributed by atoms with van der Waals surface area (Å²) < 4.78 is 5.87. The third kappa shape index (κ3) is 1.99. The molecule has 0 aliphatic carbocycles. The monoisotopic (exact) mass is 251 g/mol. The molecule has 94 valence electrons. The summed E-state index contributed by atoms with van der Waals surface area (Å²) in [4.78, 5) is 12.1. The van der Waals surface area contributed by atoms with Crippen molar-refractivity contribution in [2.45, 2.75) is 6.92 Å². The van der Waals surface area contributed by atoms with Crippen molar-refractivity contribution in [3.8, 4) is 11.5 Å². The van der Waals surface area contributed by atoms with E-state index in [-0.39, 0.29) is 5.91 Å². The summed E-state index contributed by atoms with van der Waals surface area (Å²) in [6, 6.07) is 11.1. The minimum atomic E-state index is -0.159. The van der Waals surface area contributed by atoms with Gasteiger partial charge in [0.05, 0.1) is 11.3 Å². The highest BCUT2D eigenvalue weighted by atomic mass is 16.5. The molecule has 0 unspecified atom stereocenters. The Kier molecular flexibility index (Phi) is 2.60. The zero-order valence-electron chi connectivity index (χ0n) is 10.6. The van der Waals surface area contributed by atoms with E-state index in [4.69, 9.17) is 4.74 Å². The minimum absolute atomic E-state index is 0.159. The van der Waals surface area contributed by atoms with E-state index in [1.54, 1.807) is 12.1 Å².